The van der Waals surface area contributed by atoms with Gasteiger partial charge in [-0.3, -0.25) is 4.79 Å². The fraction of sp³-hybridized carbons (Fsp3) is 0.500. The molecule has 0 spiro atoms. The summed E-state index contributed by atoms with van der Waals surface area (Å²) in [5.74, 6) is 0.340. The summed E-state index contributed by atoms with van der Waals surface area (Å²) in [6.07, 6.45) is 1.58. The zero-order valence-corrected chi connectivity index (χ0v) is 13.0. The third kappa shape index (κ3) is 2.75. The van der Waals surface area contributed by atoms with E-state index in [4.69, 9.17) is 5.73 Å². The van der Waals surface area contributed by atoms with Crippen molar-refractivity contribution in [3.8, 4) is 0 Å². The average molecular weight is 292 g/mol. The van der Waals surface area contributed by atoms with Crippen molar-refractivity contribution < 1.29 is 4.79 Å². The number of carbonyl (C=O) groups is 1. The molecule has 0 bridgehead atoms. The molecule has 2 aromatic heterocycles. The number of amides is 1. The van der Waals surface area contributed by atoms with Gasteiger partial charge in [0.1, 0.15) is 9.71 Å². The Hall–Kier alpha value is -1.69. The highest BCUT2D eigenvalue weighted by Crippen LogP contribution is 2.32. The minimum atomic E-state index is -0.140. The van der Waals surface area contributed by atoms with E-state index >= 15 is 0 Å². The van der Waals surface area contributed by atoms with E-state index < -0.39 is 0 Å². The number of anilines is 1. The first kappa shape index (κ1) is 14.7. The lowest BCUT2D eigenvalue weighted by atomic mass is 9.81. The smallest absolute Gasteiger partial charge is 0.263 e. The fourth-order valence-corrected chi connectivity index (χ4v) is 2.59. The predicted molar refractivity (Wildman–Crippen MR) is 82.8 cm³/mol. The number of aromatic nitrogens is 2. The van der Waals surface area contributed by atoms with Gasteiger partial charge in [-0.1, -0.05) is 27.7 Å². The first-order chi connectivity index (χ1) is 9.33. The van der Waals surface area contributed by atoms with Crippen LogP contribution in [-0.2, 0) is 0 Å². The largest absolute Gasteiger partial charge is 0.397 e. The van der Waals surface area contributed by atoms with Crippen LogP contribution in [0.15, 0.2) is 12.3 Å². The van der Waals surface area contributed by atoms with Crippen molar-refractivity contribution >= 4 is 33.1 Å². The molecule has 0 fully saturated rings. The van der Waals surface area contributed by atoms with E-state index in [0.717, 1.165) is 5.39 Å². The van der Waals surface area contributed by atoms with Crippen molar-refractivity contribution in [1.82, 2.24) is 15.5 Å². The molecule has 0 saturated carbocycles. The summed E-state index contributed by atoms with van der Waals surface area (Å²) >= 11 is 1.28. The highest BCUT2D eigenvalue weighted by Gasteiger charge is 2.24. The molecule has 108 valence electrons. The number of fused-ring (bicyclic) bond motifs is 1. The zero-order valence-electron chi connectivity index (χ0n) is 12.2. The van der Waals surface area contributed by atoms with Gasteiger partial charge >= 0.3 is 0 Å². The number of nitrogens with zero attached hydrogens (tertiary/aromatic N) is 2. The molecule has 0 saturated heterocycles. The topological polar surface area (TPSA) is 80.9 Å². The number of carbonyl (C=O) groups excluding carboxylic acids is 1. The van der Waals surface area contributed by atoms with Gasteiger partial charge in [-0.2, -0.15) is 5.10 Å². The van der Waals surface area contributed by atoms with Gasteiger partial charge < -0.3 is 11.1 Å². The molecular formula is C14H20N4OS. The van der Waals surface area contributed by atoms with Crippen LogP contribution in [0.1, 0.15) is 37.4 Å². The number of hydrogen-bond donors (Lipinski definition) is 2. The van der Waals surface area contributed by atoms with Gasteiger partial charge in [-0.25, -0.2) is 0 Å². The Morgan fingerprint density at radius 3 is 2.80 bits per heavy atom. The monoisotopic (exact) mass is 292 g/mol. The fourth-order valence-electron chi connectivity index (χ4n) is 1.63. The third-order valence-corrected chi connectivity index (χ3v) is 5.00. The van der Waals surface area contributed by atoms with Gasteiger partial charge in [0.15, 0.2) is 0 Å². The average Bonchev–Trinajstić information content (AvgIpc) is 2.74. The summed E-state index contributed by atoms with van der Waals surface area (Å²) in [5, 5.41) is 11.6. The van der Waals surface area contributed by atoms with Crippen molar-refractivity contribution in [2.24, 2.45) is 11.3 Å². The van der Waals surface area contributed by atoms with Crippen LogP contribution < -0.4 is 11.1 Å². The molecule has 6 heteroatoms. The predicted octanol–water partition coefficient (Wildman–Crippen LogP) is 2.69. The van der Waals surface area contributed by atoms with Crippen LogP contribution in [0.25, 0.3) is 10.2 Å². The maximum absolute atomic E-state index is 12.3. The molecule has 2 aromatic rings. The summed E-state index contributed by atoms with van der Waals surface area (Å²) in [6.45, 7) is 9.18. The van der Waals surface area contributed by atoms with E-state index in [1.54, 1.807) is 12.3 Å². The molecule has 0 aromatic carbocycles. The second-order valence-electron chi connectivity index (χ2n) is 5.92. The van der Waals surface area contributed by atoms with Crippen LogP contribution in [0.3, 0.4) is 0 Å². The van der Waals surface area contributed by atoms with Crippen LogP contribution in [-0.4, -0.2) is 22.6 Å². The molecule has 0 aliphatic heterocycles. The number of thiophene rings is 1. The van der Waals surface area contributed by atoms with Gasteiger partial charge in [-0.15, -0.1) is 16.4 Å². The van der Waals surface area contributed by atoms with E-state index in [9.17, 15) is 4.79 Å². The van der Waals surface area contributed by atoms with E-state index in [-0.39, 0.29) is 11.3 Å². The van der Waals surface area contributed by atoms with Gasteiger partial charge in [0.25, 0.3) is 5.91 Å². The second-order valence-corrected chi connectivity index (χ2v) is 6.92. The normalized spacial score (nSPS) is 12.1. The van der Waals surface area contributed by atoms with Crippen molar-refractivity contribution in [3.05, 3.63) is 17.1 Å². The van der Waals surface area contributed by atoms with Crippen LogP contribution in [0.4, 0.5) is 5.69 Å². The molecule has 0 aliphatic rings. The summed E-state index contributed by atoms with van der Waals surface area (Å²) in [7, 11) is 0. The summed E-state index contributed by atoms with van der Waals surface area (Å²) in [5.41, 5.74) is 6.55. The minimum Gasteiger partial charge on any atom is -0.397 e. The molecule has 2 heterocycles. The van der Waals surface area contributed by atoms with E-state index in [2.05, 4.69) is 43.2 Å². The third-order valence-electron chi connectivity index (χ3n) is 3.89. The van der Waals surface area contributed by atoms with Gasteiger partial charge in [0.05, 0.1) is 11.9 Å². The Labute approximate surface area is 122 Å². The molecular weight excluding hydrogens is 272 g/mol. The molecule has 0 aliphatic carbocycles. The van der Waals surface area contributed by atoms with Crippen LogP contribution >= 0.6 is 11.3 Å². The minimum absolute atomic E-state index is 0.0426. The summed E-state index contributed by atoms with van der Waals surface area (Å²) < 4.78 is 0. The molecule has 20 heavy (non-hydrogen) atoms. The number of nitrogens with two attached hydrogens (primary N) is 1. The maximum Gasteiger partial charge on any atom is 0.263 e. The van der Waals surface area contributed by atoms with Crippen LogP contribution in [0.2, 0.25) is 0 Å². The van der Waals surface area contributed by atoms with Crippen molar-refractivity contribution in [2.75, 3.05) is 12.3 Å². The zero-order chi connectivity index (χ0) is 14.9. The van der Waals surface area contributed by atoms with E-state index in [1.165, 1.54) is 11.3 Å². The molecule has 0 atom stereocenters. The molecule has 3 N–H and O–H groups in total. The highest BCUT2D eigenvalue weighted by molar-refractivity contribution is 7.21. The van der Waals surface area contributed by atoms with Crippen molar-refractivity contribution in [1.29, 1.82) is 0 Å². The number of rotatable bonds is 4. The molecule has 0 radical (unpaired) electrons. The first-order valence-corrected chi connectivity index (χ1v) is 7.42. The lowest BCUT2D eigenvalue weighted by Crippen LogP contribution is -2.36. The van der Waals surface area contributed by atoms with E-state index in [0.29, 0.717) is 27.9 Å². The highest BCUT2D eigenvalue weighted by atomic mass is 32.1. The SMILES string of the molecule is CC(C)C(C)(C)CNC(=O)c1sc2nnccc2c1N. The van der Waals surface area contributed by atoms with Crippen LogP contribution in [0, 0.1) is 11.3 Å². The molecule has 1 amide bonds. The molecule has 0 unspecified atom stereocenters. The Balaban J connectivity index is 2.18. The van der Waals surface area contributed by atoms with E-state index in [1.807, 2.05) is 0 Å². The molecule has 5 nitrogen and oxygen atoms in total. The number of nitrogens with one attached hydrogen (secondary N) is 1. The van der Waals surface area contributed by atoms with Gasteiger partial charge in [0.2, 0.25) is 0 Å². The molecule has 2 rings (SSSR count). The first-order valence-electron chi connectivity index (χ1n) is 6.61. The Bertz CT molecular complexity index is 633. The summed E-state index contributed by atoms with van der Waals surface area (Å²) in [4.78, 5) is 13.5. The second kappa shape index (κ2) is 5.36. The maximum atomic E-state index is 12.3. The standard InChI is InChI=1S/C14H20N4OS/c1-8(2)14(3,4)7-16-12(19)11-10(15)9-5-6-17-18-13(9)20-11/h5-6,8H,7,15H2,1-4H3,(H,16,19). The Kier molecular flexibility index (Phi) is 3.94. The quantitative estimate of drug-likeness (QED) is 0.908. The lowest BCUT2D eigenvalue weighted by Gasteiger charge is -2.29. The van der Waals surface area contributed by atoms with Crippen LogP contribution in [0.5, 0.6) is 0 Å². The lowest BCUT2D eigenvalue weighted by molar-refractivity contribution is 0.0930. The van der Waals surface area contributed by atoms with Gasteiger partial charge in [-0.05, 0) is 17.4 Å². The number of nitrogen functional groups attached to an aromatic ring is 1. The summed E-state index contributed by atoms with van der Waals surface area (Å²) in [6, 6.07) is 1.78. The Morgan fingerprint density at radius 2 is 2.20 bits per heavy atom. The number of hydrogen-bond acceptors (Lipinski definition) is 5. The Morgan fingerprint density at radius 1 is 1.50 bits per heavy atom. The van der Waals surface area contributed by atoms with Gasteiger partial charge in [0, 0.05) is 11.9 Å². The van der Waals surface area contributed by atoms with Crippen molar-refractivity contribution in [2.45, 2.75) is 27.7 Å². The van der Waals surface area contributed by atoms with Crippen molar-refractivity contribution in [3.63, 3.8) is 0 Å².